The number of halogens is 1. The van der Waals surface area contributed by atoms with E-state index in [9.17, 15) is 14.9 Å². The van der Waals surface area contributed by atoms with Crippen LogP contribution < -0.4 is 5.32 Å². The largest absolute Gasteiger partial charge is 0.322 e. The van der Waals surface area contributed by atoms with Crippen molar-refractivity contribution < 1.29 is 9.72 Å². The maximum atomic E-state index is 12.5. The Balaban J connectivity index is 1.75. The number of urea groups is 1. The summed E-state index contributed by atoms with van der Waals surface area (Å²) in [4.78, 5) is 24.5. The summed E-state index contributed by atoms with van der Waals surface area (Å²) in [6, 6.07) is 5.86. The number of hydrogen-bond acceptors (Lipinski definition) is 4. The van der Waals surface area contributed by atoms with Crippen LogP contribution in [-0.4, -0.2) is 22.4 Å². The Morgan fingerprint density at radius 1 is 1.43 bits per heavy atom. The van der Waals surface area contributed by atoms with Crippen LogP contribution in [0.15, 0.2) is 35.0 Å². The molecule has 1 aromatic heterocycles. The van der Waals surface area contributed by atoms with Gasteiger partial charge in [-0.3, -0.25) is 10.1 Å². The molecule has 120 valence electrons. The van der Waals surface area contributed by atoms with Gasteiger partial charge in [0.15, 0.2) is 0 Å². The second-order valence-corrected chi connectivity index (χ2v) is 6.45. The summed E-state index contributed by atoms with van der Waals surface area (Å²) in [5.41, 5.74) is 1.40. The van der Waals surface area contributed by atoms with Crippen molar-refractivity contribution in [1.82, 2.24) is 4.90 Å². The van der Waals surface area contributed by atoms with Crippen LogP contribution in [-0.2, 0) is 0 Å². The van der Waals surface area contributed by atoms with E-state index >= 15 is 0 Å². The van der Waals surface area contributed by atoms with E-state index in [-0.39, 0.29) is 22.8 Å². The van der Waals surface area contributed by atoms with E-state index in [0.29, 0.717) is 12.2 Å². The third kappa shape index (κ3) is 3.30. The summed E-state index contributed by atoms with van der Waals surface area (Å²) >= 11 is 7.63. The van der Waals surface area contributed by atoms with Gasteiger partial charge in [-0.2, -0.15) is 11.3 Å². The summed E-state index contributed by atoms with van der Waals surface area (Å²) in [5.74, 6) is 0. The van der Waals surface area contributed by atoms with Crippen molar-refractivity contribution in [2.24, 2.45) is 0 Å². The van der Waals surface area contributed by atoms with Crippen LogP contribution in [0, 0.1) is 10.1 Å². The van der Waals surface area contributed by atoms with Gasteiger partial charge in [-0.1, -0.05) is 11.6 Å². The van der Waals surface area contributed by atoms with E-state index < -0.39 is 4.92 Å². The molecule has 0 spiro atoms. The molecule has 0 saturated carbocycles. The standard InChI is InChI=1S/C15H14ClN3O3S/c16-12-8-11(19(21)22)3-4-13(12)17-15(20)18-6-1-2-14(18)10-5-7-23-9-10/h3-5,7-9,14H,1-2,6H2,(H,17,20)/t14-/m0/s1. The van der Waals surface area contributed by atoms with Gasteiger partial charge < -0.3 is 10.2 Å². The molecule has 2 amide bonds. The van der Waals surface area contributed by atoms with Gasteiger partial charge in [0.2, 0.25) is 0 Å². The predicted molar refractivity (Wildman–Crippen MR) is 90.1 cm³/mol. The summed E-state index contributed by atoms with van der Waals surface area (Å²) in [6.07, 6.45) is 1.88. The van der Waals surface area contributed by atoms with Gasteiger partial charge in [0.25, 0.3) is 5.69 Å². The fraction of sp³-hybridized carbons (Fsp3) is 0.267. The lowest BCUT2D eigenvalue weighted by atomic mass is 10.1. The highest BCUT2D eigenvalue weighted by Crippen LogP contribution is 2.34. The first-order valence-corrected chi connectivity index (χ1v) is 8.42. The number of amides is 2. The third-order valence-corrected chi connectivity index (χ3v) is 4.86. The molecule has 0 aliphatic carbocycles. The molecule has 2 aromatic rings. The molecule has 0 bridgehead atoms. The number of benzene rings is 1. The van der Waals surface area contributed by atoms with Crippen molar-refractivity contribution >= 4 is 40.3 Å². The van der Waals surface area contributed by atoms with E-state index in [1.807, 2.05) is 11.4 Å². The number of anilines is 1. The third-order valence-electron chi connectivity index (χ3n) is 3.85. The molecular formula is C15H14ClN3O3S. The Hall–Kier alpha value is -2.12. The van der Waals surface area contributed by atoms with Crippen molar-refractivity contribution in [2.45, 2.75) is 18.9 Å². The topological polar surface area (TPSA) is 75.5 Å². The van der Waals surface area contributed by atoms with E-state index in [1.165, 1.54) is 18.2 Å². The lowest BCUT2D eigenvalue weighted by Crippen LogP contribution is -2.34. The SMILES string of the molecule is O=C(Nc1ccc([N+](=O)[O-])cc1Cl)N1CCC[C@H]1c1ccsc1. The molecule has 3 rings (SSSR count). The number of nitrogens with zero attached hydrogens (tertiary/aromatic N) is 2. The number of non-ortho nitro benzene ring substituents is 1. The number of likely N-dealkylation sites (tertiary alicyclic amines) is 1. The van der Waals surface area contributed by atoms with Crippen molar-refractivity contribution in [3.63, 3.8) is 0 Å². The van der Waals surface area contributed by atoms with E-state index in [0.717, 1.165) is 18.4 Å². The van der Waals surface area contributed by atoms with Gasteiger partial charge in [0, 0.05) is 18.7 Å². The first-order chi connectivity index (χ1) is 11.1. The van der Waals surface area contributed by atoms with Crippen LogP contribution in [0.5, 0.6) is 0 Å². The van der Waals surface area contributed by atoms with Crippen LogP contribution in [0.1, 0.15) is 24.4 Å². The maximum absolute atomic E-state index is 12.5. The van der Waals surface area contributed by atoms with Gasteiger partial charge in [0.05, 0.1) is 21.7 Å². The molecule has 1 aliphatic rings. The van der Waals surface area contributed by atoms with Crippen LogP contribution >= 0.6 is 22.9 Å². The quantitative estimate of drug-likeness (QED) is 0.644. The first-order valence-electron chi connectivity index (χ1n) is 7.10. The van der Waals surface area contributed by atoms with Crippen molar-refractivity contribution in [3.8, 4) is 0 Å². The normalized spacial score (nSPS) is 17.3. The number of hydrogen-bond donors (Lipinski definition) is 1. The number of nitro benzene ring substituents is 1. The molecule has 1 N–H and O–H groups in total. The Labute approximate surface area is 141 Å². The average molecular weight is 352 g/mol. The number of carbonyl (C=O) groups is 1. The molecular weight excluding hydrogens is 338 g/mol. The minimum absolute atomic E-state index is 0.0677. The maximum Gasteiger partial charge on any atom is 0.322 e. The minimum Gasteiger partial charge on any atom is -0.317 e. The minimum atomic E-state index is -0.523. The number of thiophene rings is 1. The van der Waals surface area contributed by atoms with Gasteiger partial charge in [-0.05, 0) is 41.3 Å². The fourth-order valence-corrected chi connectivity index (χ4v) is 3.66. The van der Waals surface area contributed by atoms with Crippen LogP contribution in [0.2, 0.25) is 5.02 Å². The average Bonchev–Trinajstić information content (AvgIpc) is 3.19. The van der Waals surface area contributed by atoms with E-state index in [2.05, 4.69) is 10.7 Å². The fourth-order valence-electron chi connectivity index (χ4n) is 2.73. The highest BCUT2D eigenvalue weighted by Gasteiger charge is 2.30. The summed E-state index contributed by atoms with van der Waals surface area (Å²) in [7, 11) is 0. The zero-order valence-corrected chi connectivity index (χ0v) is 13.6. The van der Waals surface area contributed by atoms with Gasteiger partial charge in [0.1, 0.15) is 0 Å². The summed E-state index contributed by atoms with van der Waals surface area (Å²) in [5, 5.41) is 17.7. The van der Waals surface area contributed by atoms with Gasteiger partial charge in [-0.25, -0.2) is 4.79 Å². The molecule has 1 aromatic carbocycles. The Morgan fingerprint density at radius 2 is 2.26 bits per heavy atom. The molecule has 1 saturated heterocycles. The zero-order valence-electron chi connectivity index (χ0n) is 12.1. The number of rotatable bonds is 3. The van der Waals surface area contributed by atoms with Crippen LogP contribution in [0.3, 0.4) is 0 Å². The molecule has 1 aliphatic heterocycles. The lowest BCUT2D eigenvalue weighted by molar-refractivity contribution is -0.384. The zero-order chi connectivity index (χ0) is 16.4. The highest BCUT2D eigenvalue weighted by molar-refractivity contribution is 7.08. The second kappa shape index (κ2) is 6.55. The van der Waals surface area contributed by atoms with Crippen molar-refractivity contribution in [3.05, 3.63) is 55.7 Å². The van der Waals surface area contributed by atoms with Gasteiger partial charge >= 0.3 is 6.03 Å². The van der Waals surface area contributed by atoms with Crippen molar-refractivity contribution in [2.75, 3.05) is 11.9 Å². The number of carbonyl (C=O) groups excluding carboxylic acids is 1. The Kier molecular flexibility index (Phi) is 4.49. The first kappa shape index (κ1) is 15.8. The van der Waals surface area contributed by atoms with Crippen LogP contribution in [0.25, 0.3) is 0 Å². The van der Waals surface area contributed by atoms with E-state index in [4.69, 9.17) is 11.6 Å². The molecule has 0 unspecified atom stereocenters. The molecule has 1 fully saturated rings. The number of nitrogens with one attached hydrogen (secondary N) is 1. The molecule has 8 heteroatoms. The summed E-state index contributed by atoms with van der Waals surface area (Å²) < 4.78 is 0. The smallest absolute Gasteiger partial charge is 0.317 e. The van der Waals surface area contributed by atoms with Crippen molar-refractivity contribution in [1.29, 1.82) is 0 Å². The predicted octanol–water partition coefficient (Wildman–Crippen LogP) is 4.68. The molecule has 6 nitrogen and oxygen atoms in total. The summed E-state index contributed by atoms with van der Waals surface area (Å²) in [6.45, 7) is 0.678. The Bertz CT molecular complexity index is 736. The number of nitro groups is 1. The Morgan fingerprint density at radius 3 is 2.91 bits per heavy atom. The highest BCUT2D eigenvalue weighted by atomic mass is 35.5. The van der Waals surface area contributed by atoms with Crippen LogP contribution in [0.4, 0.5) is 16.2 Å². The van der Waals surface area contributed by atoms with E-state index in [1.54, 1.807) is 16.2 Å². The van der Waals surface area contributed by atoms with Gasteiger partial charge in [-0.15, -0.1) is 0 Å². The second-order valence-electron chi connectivity index (χ2n) is 5.26. The molecule has 23 heavy (non-hydrogen) atoms. The monoisotopic (exact) mass is 351 g/mol. The lowest BCUT2D eigenvalue weighted by Gasteiger charge is -2.24. The molecule has 2 heterocycles. The molecule has 0 radical (unpaired) electrons. The molecule has 1 atom stereocenters.